The maximum Gasteiger partial charge on any atom is 0.335 e. The molecule has 0 amide bonds. The van der Waals surface area contributed by atoms with Gasteiger partial charge in [-0.2, -0.15) is 0 Å². The third-order valence-corrected chi connectivity index (χ3v) is 2.24. The van der Waals surface area contributed by atoms with Crippen LogP contribution in [0.5, 0.6) is 0 Å². The van der Waals surface area contributed by atoms with E-state index >= 15 is 0 Å². The number of aliphatic hydroxyl groups excluding tert-OH is 1. The van der Waals surface area contributed by atoms with Crippen LogP contribution in [0.1, 0.15) is 18.4 Å². The van der Waals surface area contributed by atoms with Crippen LogP contribution in [0.25, 0.3) is 0 Å². The number of esters is 1. The first-order valence-electron chi connectivity index (χ1n) is 4.47. The predicted molar refractivity (Wildman–Crippen MR) is 52.9 cm³/mol. The van der Waals surface area contributed by atoms with Gasteiger partial charge in [-0.15, -0.1) is 0 Å². The van der Waals surface area contributed by atoms with Crippen molar-refractivity contribution in [1.29, 1.82) is 0 Å². The Hall–Kier alpha value is -1.35. The molecule has 0 spiro atoms. The van der Waals surface area contributed by atoms with Crippen LogP contribution in [0.2, 0.25) is 0 Å². The molecule has 14 heavy (non-hydrogen) atoms. The van der Waals surface area contributed by atoms with Gasteiger partial charge >= 0.3 is 5.97 Å². The second-order valence-electron chi connectivity index (χ2n) is 3.17. The molecule has 76 valence electrons. The Morgan fingerprint density at radius 3 is 2.43 bits per heavy atom. The number of hydrogen-bond donors (Lipinski definition) is 1. The van der Waals surface area contributed by atoms with Crippen molar-refractivity contribution < 1.29 is 14.6 Å². The highest BCUT2D eigenvalue weighted by Gasteiger charge is 2.23. The number of carbonyl (C=O) groups excluding carboxylic acids is 1. The summed E-state index contributed by atoms with van der Waals surface area (Å²) in [6.45, 7) is 1.79. The highest BCUT2D eigenvalue weighted by atomic mass is 16.5. The van der Waals surface area contributed by atoms with Crippen LogP contribution >= 0.6 is 0 Å². The molecule has 1 aromatic carbocycles. The summed E-state index contributed by atoms with van der Waals surface area (Å²) in [7, 11) is 1.27. The summed E-state index contributed by atoms with van der Waals surface area (Å²) in [5, 5.41) is 9.57. The molecule has 0 saturated carbocycles. The fourth-order valence-corrected chi connectivity index (χ4v) is 1.26. The summed E-state index contributed by atoms with van der Waals surface area (Å²) < 4.78 is 4.47. The monoisotopic (exact) mass is 194 g/mol. The quantitative estimate of drug-likeness (QED) is 0.738. The Balaban J connectivity index is 2.75. The Morgan fingerprint density at radius 2 is 1.93 bits per heavy atom. The standard InChI is InChI=1S/C11H14O3/c1-8(10(12)11(13)14-2)9-6-4-3-5-7-9/h3-8,10,12H,1-2H3/t8?,10-/m1/s1. The molecule has 0 aliphatic rings. The van der Waals surface area contributed by atoms with E-state index in [1.807, 2.05) is 30.3 Å². The molecule has 0 radical (unpaired) electrons. The Labute approximate surface area is 83.3 Å². The molecule has 0 saturated heterocycles. The van der Waals surface area contributed by atoms with Gasteiger partial charge in [0.05, 0.1) is 7.11 Å². The van der Waals surface area contributed by atoms with Crippen molar-refractivity contribution in [3.8, 4) is 0 Å². The van der Waals surface area contributed by atoms with E-state index in [9.17, 15) is 9.90 Å². The molecule has 1 rings (SSSR count). The SMILES string of the molecule is COC(=O)[C@H](O)C(C)c1ccccc1. The van der Waals surface area contributed by atoms with Crippen LogP contribution in [0.4, 0.5) is 0 Å². The van der Waals surface area contributed by atoms with Gasteiger partial charge in [-0.3, -0.25) is 0 Å². The molecule has 1 N–H and O–H groups in total. The van der Waals surface area contributed by atoms with Crippen LogP contribution in [0.3, 0.4) is 0 Å². The molecule has 3 nitrogen and oxygen atoms in total. The molecule has 0 heterocycles. The van der Waals surface area contributed by atoms with Gasteiger partial charge in [0.1, 0.15) is 0 Å². The summed E-state index contributed by atoms with van der Waals surface area (Å²) in [5.74, 6) is -0.843. The third-order valence-electron chi connectivity index (χ3n) is 2.24. The number of benzene rings is 1. The zero-order valence-electron chi connectivity index (χ0n) is 8.31. The van der Waals surface area contributed by atoms with Crippen molar-refractivity contribution in [2.45, 2.75) is 18.9 Å². The molecule has 3 heteroatoms. The second-order valence-corrected chi connectivity index (χ2v) is 3.17. The molecule has 0 fully saturated rings. The summed E-state index contributed by atoms with van der Waals surface area (Å²) in [6.07, 6.45) is -1.10. The van der Waals surface area contributed by atoms with E-state index in [4.69, 9.17) is 0 Å². The van der Waals surface area contributed by atoms with E-state index in [1.165, 1.54) is 7.11 Å². The van der Waals surface area contributed by atoms with Gasteiger partial charge in [0, 0.05) is 5.92 Å². The lowest BCUT2D eigenvalue weighted by atomic mass is 9.95. The molecular weight excluding hydrogens is 180 g/mol. The van der Waals surface area contributed by atoms with Crippen molar-refractivity contribution in [2.75, 3.05) is 7.11 Å². The first-order chi connectivity index (χ1) is 6.66. The summed E-state index contributed by atoms with van der Waals surface area (Å²) in [4.78, 5) is 11.1. The lowest BCUT2D eigenvalue weighted by Gasteiger charge is -2.16. The maximum absolute atomic E-state index is 11.1. The summed E-state index contributed by atoms with van der Waals surface area (Å²) in [6, 6.07) is 9.38. The van der Waals surface area contributed by atoms with E-state index in [-0.39, 0.29) is 5.92 Å². The van der Waals surface area contributed by atoms with Gasteiger partial charge in [-0.05, 0) is 5.56 Å². The van der Waals surface area contributed by atoms with Crippen LogP contribution in [-0.2, 0) is 9.53 Å². The van der Waals surface area contributed by atoms with E-state index in [1.54, 1.807) is 6.92 Å². The molecule has 0 bridgehead atoms. The zero-order chi connectivity index (χ0) is 10.6. The van der Waals surface area contributed by atoms with Crippen molar-refractivity contribution >= 4 is 5.97 Å². The number of aliphatic hydroxyl groups is 1. The number of hydrogen-bond acceptors (Lipinski definition) is 3. The van der Waals surface area contributed by atoms with Crippen LogP contribution in [0.15, 0.2) is 30.3 Å². The number of ether oxygens (including phenoxy) is 1. The topological polar surface area (TPSA) is 46.5 Å². The van der Waals surface area contributed by atoms with E-state index in [0.29, 0.717) is 0 Å². The molecule has 0 aromatic heterocycles. The van der Waals surface area contributed by atoms with Gasteiger partial charge in [0.15, 0.2) is 6.10 Å². The first-order valence-corrected chi connectivity index (χ1v) is 4.47. The Bertz CT molecular complexity index is 295. The van der Waals surface area contributed by atoms with Crippen LogP contribution < -0.4 is 0 Å². The minimum Gasteiger partial charge on any atom is -0.467 e. The molecule has 0 aliphatic carbocycles. The number of carbonyl (C=O) groups is 1. The molecule has 1 aromatic rings. The molecule has 0 aliphatic heterocycles. The van der Waals surface area contributed by atoms with Gasteiger partial charge < -0.3 is 9.84 Å². The van der Waals surface area contributed by atoms with Crippen LogP contribution in [-0.4, -0.2) is 24.3 Å². The van der Waals surface area contributed by atoms with Gasteiger partial charge in [0.25, 0.3) is 0 Å². The fourth-order valence-electron chi connectivity index (χ4n) is 1.26. The van der Waals surface area contributed by atoms with Crippen molar-refractivity contribution in [2.24, 2.45) is 0 Å². The Morgan fingerprint density at radius 1 is 1.36 bits per heavy atom. The zero-order valence-corrected chi connectivity index (χ0v) is 8.31. The summed E-state index contributed by atoms with van der Waals surface area (Å²) >= 11 is 0. The third kappa shape index (κ3) is 2.33. The van der Waals surface area contributed by atoms with Crippen molar-refractivity contribution in [3.05, 3.63) is 35.9 Å². The lowest BCUT2D eigenvalue weighted by molar-refractivity contribution is -0.151. The smallest absolute Gasteiger partial charge is 0.335 e. The normalized spacial score (nSPS) is 14.5. The average Bonchev–Trinajstić information content (AvgIpc) is 2.27. The predicted octanol–water partition coefficient (Wildman–Crippen LogP) is 1.32. The number of methoxy groups -OCH3 is 1. The van der Waals surface area contributed by atoms with Gasteiger partial charge in [-0.25, -0.2) is 4.79 Å². The lowest BCUT2D eigenvalue weighted by Crippen LogP contribution is -2.27. The molecular formula is C11H14O3. The van der Waals surface area contributed by atoms with Gasteiger partial charge in [-0.1, -0.05) is 37.3 Å². The maximum atomic E-state index is 11.1. The van der Waals surface area contributed by atoms with Crippen molar-refractivity contribution in [1.82, 2.24) is 0 Å². The Kier molecular flexibility index (Phi) is 3.65. The van der Waals surface area contributed by atoms with Crippen LogP contribution in [0, 0.1) is 0 Å². The minimum atomic E-state index is -1.10. The summed E-state index contributed by atoms with van der Waals surface area (Å²) in [5.41, 5.74) is 0.922. The van der Waals surface area contributed by atoms with E-state index in [2.05, 4.69) is 4.74 Å². The average molecular weight is 194 g/mol. The second kappa shape index (κ2) is 4.77. The highest BCUT2D eigenvalue weighted by Crippen LogP contribution is 2.19. The van der Waals surface area contributed by atoms with E-state index < -0.39 is 12.1 Å². The van der Waals surface area contributed by atoms with Crippen molar-refractivity contribution in [3.63, 3.8) is 0 Å². The van der Waals surface area contributed by atoms with E-state index in [0.717, 1.165) is 5.56 Å². The highest BCUT2D eigenvalue weighted by molar-refractivity contribution is 5.75. The molecule has 2 atom stereocenters. The molecule has 1 unspecified atom stereocenters. The first kappa shape index (κ1) is 10.7. The fraction of sp³-hybridized carbons (Fsp3) is 0.364. The largest absolute Gasteiger partial charge is 0.467 e. The minimum absolute atomic E-state index is 0.247. The number of rotatable bonds is 3. The van der Waals surface area contributed by atoms with Gasteiger partial charge in [0.2, 0.25) is 0 Å².